The van der Waals surface area contributed by atoms with Crippen molar-refractivity contribution in [3.8, 4) is 0 Å². The number of thiophene rings is 1. The van der Waals surface area contributed by atoms with Crippen molar-refractivity contribution in [2.75, 3.05) is 5.32 Å². The van der Waals surface area contributed by atoms with Crippen molar-refractivity contribution < 1.29 is 19.5 Å². The maximum absolute atomic E-state index is 13.5. The summed E-state index contributed by atoms with van der Waals surface area (Å²) in [6.45, 7) is 3.18. The van der Waals surface area contributed by atoms with E-state index in [1.807, 2.05) is 47.8 Å². The van der Waals surface area contributed by atoms with Gasteiger partial charge in [-0.2, -0.15) is 0 Å². The smallest absolute Gasteiger partial charge is 0.336 e. The highest BCUT2D eigenvalue weighted by molar-refractivity contribution is 8.13. The first-order chi connectivity index (χ1) is 14.9. The molecule has 2 aromatic carbocycles. The summed E-state index contributed by atoms with van der Waals surface area (Å²) in [6.07, 6.45) is 0.452. The van der Waals surface area contributed by atoms with Gasteiger partial charge in [-0.15, -0.1) is 11.3 Å². The van der Waals surface area contributed by atoms with E-state index < -0.39 is 11.9 Å². The molecule has 0 spiro atoms. The molecule has 1 amide bonds. The molecule has 2 unspecified atom stereocenters. The molecule has 0 fully saturated rings. The quantitative estimate of drug-likeness (QED) is 0.466. The molecule has 160 valence electrons. The SMILES string of the molecule is CC(=O)SC(c1cccs1)C(Cc1ccccc1)C(=O)Nc1cccc(C(=O)O)c1C. The Morgan fingerprint density at radius 3 is 2.39 bits per heavy atom. The van der Waals surface area contributed by atoms with Crippen LogP contribution in [0, 0.1) is 12.8 Å². The zero-order valence-corrected chi connectivity index (χ0v) is 18.8. The highest BCUT2D eigenvalue weighted by Crippen LogP contribution is 2.41. The normalized spacial score (nSPS) is 12.7. The van der Waals surface area contributed by atoms with Gasteiger partial charge in [-0.25, -0.2) is 4.79 Å². The number of hydrogen-bond acceptors (Lipinski definition) is 5. The van der Waals surface area contributed by atoms with Crippen LogP contribution in [0.2, 0.25) is 0 Å². The minimum Gasteiger partial charge on any atom is -0.478 e. The number of carboxylic acids is 1. The van der Waals surface area contributed by atoms with Crippen molar-refractivity contribution in [1.82, 2.24) is 0 Å². The van der Waals surface area contributed by atoms with Gasteiger partial charge >= 0.3 is 5.97 Å². The number of anilines is 1. The molecule has 0 radical (unpaired) electrons. The summed E-state index contributed by atoms with van der Waals surface area (Å²) < 4.78 is 0. The number of hydrogen-bond donors (Lipinski definition) is 2. The molecule has 1 aromatic heterocycles. The molecule has 31 heavy (non-hydrogen) atoms. The fourth-order valence-corrected chi connectivity index (χ4v) is 5.42. The number of benzene rings is 2. The fourth-order valence-electron chi connectivity index (χ4n) is 3.40. The second kappa shape index (κ2) is 10.4. The van der Waals surface area contributed by atoms with Gasteiger partial charge in [-0.05, 0) is 48.1 Å². The summed E-state index contributed by atoms with van der Waals surface area (Å²) >= 11 is 2.67. The second-order valence-corrected chi connectivity index (χ2v) is 9.41. The van der Waals surface area contributed by atoms with Crippen LogP contribution in [0.25, 0.3) is 0 Å². The summed E-state index contributed by atoms with van der Waals surface area (Å²) in [7, 11) is 0. The van der Waals surface area contributed by atoms with E-state index in [1.54, 1.807) is 19.1 Å². The number of aromatic carboxylic acids is 1. The zero-order chi connectivity index (χ0) is 22.4. The maximum Gasteiger partial charge on any atom is 0.336 e. The largest absolute Gasteiger partial charge is 0.478 e. The van der Waals surface area contributed by atoms with Gasteiger partial charge in [-0.1, -0.05) is 54.2 Å². The number of carbonyl (C=O) groups is 3. The van der Waals surface area contributed by atoms with E-state index in [1.165, 1.54) is 24.3 Å². The minimum atomic E-state index is -1.04. The number of amides is 1. The monoisotopic (exact) mass is 453 g/mol. The third-order valence-corrected chi connectivity index (χ3v) is 7.21. The lowest BCUT2D eigenvalue weighted by Crippen LogP contribution is -2.29. The summed E-state index contributed by atoms with van der Waals surface area (Å²) in [5.74, 6) is -1.82. The van der Waals surface area contributed by atoms with Crippen molar-refractivity contribution in [1.29, 1.82) is 0 Å². The van der Waals surface area contributed by atoms with Crippen LogP contribution in [0.3, 0.4) is 0 Å². The first kappa shape index (κ1) is 22.8. The van der Waals surface area contributed by atoms with Crippen molar-refractivity contribution >= 4 is 45.8 Å². The van der Waals surface area contributed by atoms with Gasteiger partial charge in [0.25, 0.3) is 0 Å². The summed E-state index contributed by atoms with van der Waals surface area (Å²) in [4.78, 5) is 37.9. The molecule has 3 rings (SSSR count). The van der Waals surface area contributed by atoms with Crippen molar-refractivity contribution in [3.05, 3.63) is 87.6 Å². The van der Waals surface area contributed by atoms with Crippen LogP contribution in [-0.2, 0) is 16.0 Å². The summed E-state index contributed by atoms with van der Waals surface area (Å²) in [5.41, 5.74) is 2.09. The molecule has 0 aliphatic carbocycles. The molecular weight excluding hydrogens is 430 g/mol. The Balaban J connectivity index is 1.97. The summed E-state index contributed by atoms with van der Waals surface area (Å²) in [6, 6.07) is 18.3. The van der Waals surface area contributed by atoms with Crippen LogP contribution < -0.4 is 5.32 Å². The van der Waals surface area contributed by atoms with Crippen LogP contribution in [0.4, 0.5) is 5.69 Å². The van der Waals surface area contributed by atoms with Crippen LogP contribution in [0.1, 0.15) is 38.5 Å². The van der Waals surface area contributed by atoms with Gasteiger partial charge < -0.3 is 10.4 Å². The Morgan fingerprint density at radius 2 is 1.77 bits per heavy atom. The third kappa shape index (κ3) is 5.83. The molecule has 5 nitrogen and oxygen atoms in total. The zero-order valence-electron chi connectivity index (χ0n) is 17.2. The van der Waals surface area contributed by atoms with E-state index >= 15 is 0 Å². The molecule has 2 atom stereocenters. The molecule has 7 heteroatoms. The lowest BCUT2D eigenvalue weighted by atomic mass is 9.93. The molecule has 0 bridgehead atoms. The maximum atomic E-state index is 13.5. The number of thioether (sulfide) groups is 1. The van der Waals surface area contributed by atoms with E-state index in [9.17, 15) is 19.5 Å². The van der Waals surface area contributed by atoms with Crippen molar-refractivity contribution in [3.63, 3.8) is 0 Å². The van der Waals surface area contributed by atoms with E-state index in [2.05, 4.69) is 5.32 Å². The molecule has 0 aliphatic rings. The molecule has 2 N–H and O–H groups in total. The lowest BCUT2D eigenvalue weighted by molar-refractivity contribution is -0.119. The van der Waals surface area contributed by atoms with E-state index in [0.29, 0.717) is 17.7 Å². The fraction of sp³-hybridized carbons (Fsp3) is 0.208. The van der Waals surface area contributed by atoms with Crippen LogP contribution in [0.5, 0.6) is 0 Å². The average molecular weight is 454 g/mol. The molecule has 0 aliphatic heterocycles. The molecule has 1 heterocycles. The minimum absolute atomic E-state index is 0.0617. The van der Waals surface area contributed by atoms with E-state index in [0.717, 1.165) is 22.2 Å². The van der Waals surface area contributed by atoms with Crippen LogP contribution in [0.15, 0.2) is 66.0 Å². The lowest BCUT2D eigenvalue weighted by Gasteiger charge is -2.25. The van der Waals surface area contributed by atoms with Crippen LogP contribution >= 0.6 is 23.1 Å². The number of carbonyl (C=O) groups excluding carboxylic acids is 2. The Morgan fingerprint density at radius 1 is 1.03 bits per heavy atom. The van der Waals surface area contributed by atoms with E-state index in [4.69, 9.17) is 0 Å². The number of carboxylic acid groups (broad SMARTS) is 1. The van der Waals surface area contributed by atoms with Gasteiger partial charge in [0.15, 0.2) is 5.12 Å². The van der Waals surface area contributed by atoms with Gasteiger partial charge in [0, 0.05) is 17.5 Å². The van der Waals surface area contributed by atoms with Crippen molar-refractivity contribution in [2.24, 2.45) is 5.92 Å². The van der Waals surface area contributed by atoms with Crippen LogP contribution in [-0.4, -0.2) is 22.1 Å². The number of nitrogens with one attached hydrogen (secondary N) is 1. The standard InChI is InChI=1S/C24H23NO4S2/c1-15-18(24(28)29)10-6-11-20(15)25-23(27)19(14-17-8-4-3-5-9-17)22(31-16(2)26)21-12-7-13-30-21/h3-13,19,22H,14H2,1-2H3,(H,25,27)(H,28,29). The van der Waals surface area contributed by atoms with Gasteiger partial charge in [0.1, 0.15) is 0 Å². The summed E-state index contributed by atoms with van der Waals surface area (Å²) in [5, 5.41) is 13.8. The first-order valence-corrected chi connectivity index (χ1v) is 11.5. The van der Waals surface area contributed by atoms with Gasteiger partial charge in [0.05, 0.1) is 16.7 Å². The molecular formula is C24H23NO4S2. The molecule has 0 saturated heterocycles. The van der Waals surface area contributed by atoms with Gasteiger partial charge in [0.2, 0.25) is 5.91 Å². The van der Waals surface area contributed by atoms with Gasteiger partial charge in [-0.3, -0.25) is 9.59 Å². The third-order valence-electron chi connectivity index (χ3n) is 4.94. The highest BCUT2D eigenvalue weighted by Gasteiger charge is 2.32. The number of rotatable bonds is 8. The second-order valence-electron chi connectivity index (χ2n) is 7.11. The Kier molecular flexibility index (Phi) is 7.65. The average Bonchev–Trinajstić information content (AvgIpc) is 3.27. The predicted molar refractivity (Wildman–Crippen MR) is 126 cm³/mol. The Labute approximate surface area is 189 Å². The Hall–Kier alpha value is -2.90. The topological polar surface area (TPSA) is 83.5 Å². The first-order valence-electron chi connectivity index (χ1n) is 9.75. The molecule has 3 aromatic rings. The van der Waals surface area contributed by atoms with Crippen molar-refractivity contribution in [2.45, 2.75) is 25.5 Å². The predicted octanol–water partition coefficient (Wildman–Crippen LogP) is 5.57. The van der Waals surface area contributed by atoms with E-state index in [-0.39, 0.29) is 21.8 Å². The Bertz CT molecular complexity index is 1060. The highest BCUT2D eigenvalue weighted by atomic mass is 32.2. The molecule has 0 saturated carbocycles.